The summed E-state index contributed by atoms with van der Waals surface area (Å²) in [5.41, 5.74) is 0.192. The van der Waals surface area contributed by atoms with Gasteiger partial charge < -0.3 is 5.32 Å². The SMILES string of the molecule is CCC(C)(C)NCCSCCS(C)(=O)=O. The first-order chi connectivity index (χ1) is 6.77. The van der Waals surface area contributed by atoms with E-state index in [0.717, 1.165) is 18.7 Å². The lowest BCUT2D eigenvalue weighted by Gasteiger charge is -2.24. The number of sulfone groups is 1. The zero-order valence-corrected chi connectivity index (χ0v) is 11.8. The molecular weight excluding hydrogens is 230 g/mol. The summed E-state index contributed by atoms with van der Waals surface area (Å²) in [6.45, 7) is 7.45. The number of rotatable bonds is 8. The second-order valence-electron chi connectivity index (χ2n) is 4.41. The van der Waals surface area contributed by atoms with Crippen LogP contribution in [0.4, 0.5) is 0 Å². The van der Waals surface area contributed by atoms with Crippen molar-refractivity contribution in [3.8, 4) is 0 Å². The van der Waals surface area contributed by atoms with Crippen molar-refractivity contribution in [2.24, 2.45) is 0 Å². The predicted molar refractivity (Wildman–Crippen MR) is 69.4 cm³/mol. The molecule has 0 aromatic rings. The monoisotopic (exact) mass is 253 g/mol. The van der Waals surface area contributed by atoms with E-state index in [9.17, 15) is 8.42 Å². The second-order valence-corrected chi connectivity index (χ2v) is 7.89. The third kappa shape index (κ3) is 10.5. The molecule has 0 aromatic carbocycles. The van der Waals surface area contributed by atoms with Crippen molar-refractivity contribution < 1.29 is 8.42 Å². The normalized spacial score (nSPS) is 13.1. The van der Waals surface area contributed by atoms with Crippen molar-refractivity contribution in [3.63, 3.8) is 0 Å². The van der Waals surface area contributed by atoms with Crippen molar-refractivity contribution in [1.82, 2.24) is 5.32 Å². The van der Waals surface area contributed by atoms with Crippen molar-refractivity contribution >= 4 is 21.6 Å². The first-order valence-corrected chi connectivity index (χ1v) is 8.49. The standard InChI is InChI=1S/C10H23NO2S2/c1-5-10(2,3)11-6-7-14-8-9-15(4,12)13/h11H,5-9H2,1-4H3. The van der Waals surface area contributed by atoms with Crippen molar-refractivity contribution in [1.29, 1.82) is 0 Å². The molecule has 5 heteroatoms. The first-order valence-electron chi connectivity index (χ1n) is 5.27. The van der Waals surface area contributed by atoms with Gasteiger partial charge in [0.1, 0.15) is 9.84 Å². The molecule has 0 aliphatic carbocycles. The summed E-state index contributed by atoms with van der Waals surface area (Å²) < 4.78 is 21.7. The molecule has 0 spiro atoms. The van der Waals surface area contributed by atoms with Crippen LogP contribution in [0.1, 0.15) is 27.2 Å². The van der Waals surface area contributed by atoms with Crippen molar-refractivity contribution in [2.45, 2.75) is 32.7 Å². The van der Waals surface area contributed by atoms with Crippen LogP contribution in [0, 0.1) is 0 Å². The minimum absolute atomic E-state index is 0.192. The maximum atomic E-state index is 10.8. The maximum Gasteiger partial charge on any atom is 0.148 e. The van der Waals surface area contributed by atoms with Gasteiger partial charge in [-0.05, 0) is 20.3 Å². The Bertz CT molecular complexity index is 261. The van der Waals surface area contributed by atoms with Crippen LogP contribution in [0.5, 0.6) is 0 Å². The molecule has 3 nitrogen and oxygen atoms in total. The predicted octanol–water partition coefficient (Wildman–Crippen LogP) is 1.54. The Morgan fingerprint density at radius 3 is 2.33 bits per heavy atom. The van der Waals surface area contributed by atoms with Gasteiger partial charge in [-0.2, -0.15) is 11.8 Å². The van der Waals surface area contributed by atoms with Gasteiger partial charge in [0.25, 0.3) is 0 Å². The van der Waals surface area contributed by atoms with Gasteiger partial charge in [0.2, 0.25) is 0 Å². The van der Waals surface area contributed by atoms with E-state index < -0.39 is 9.84 Å². The molecule has 0 radical (unpaired) electrons. The smallest absolute Gasteiger partial charge is 0.148 e. The molecule has 0 aromatic heterocycles. The van der Waals surface area contributed by atoms with Gasteiger partial charge in [-0.1, -0.05) is 6.92 Å². The molecule has 0 saturated heterocycles. The Hall–Kier alpha value is 0.260. The molecule has 92 valence electrons. The van der Waals surface area contributed by atoms with E-state index in [1.165, 1.54) is 6.26 Å². The van der Waals surface area contributed by atoms with Gasteiger partial charge in [-0.25, -0.2) is 8.42 Å². The quantitative estimate of drug-likeness (QED) is 0.667. The van der Waals surface area contributed by atoms with Gasteiger partial charge in [-0.15, -0.1) is 0 Å². The highest BCUT2D eigenvalue weighted by Crippen LogP contribution is 2.07. The molecule has 0 atom stereocenters. The van der Waals surface area contributed by atoms with Crippen LogP contribution in [-0.4, -0.2) is 44.0 Å². The maximum absolute atomic E-state index is 10.8. The number of thioether (sulfide) groups is 1. The van der Waals surface area contributed by atoms with Crippen LogP contribution >= 0.6 is 11.8 Å². The lowest BCUT2D eigenvalue weighted by molar-refractivity contribution is 0.388. The average molecular weight is 253 g/mol. The van der Waals surface area contributed by atoms with E-state index >= 15 is 0 Å². The summed E-state index contributed by atoms with van der Waals surface area (Å²) >= 11 is 1.69. The Kier molecular flexibility index (Phi) is 6.88. The zero-order valence-electron chi connectivity index (χ0n) is 10.2. The van der Waals surface area contributed by atoms with Gasteiger partial charge in [0, 0.05) is 29.8 Å². The zero-order chi connectivity index (χ0) is 11.9. The third-order valence-electron chi connectivity index (χ3n) is 2.33. The Morgan fingerprint density at radius 1 is 1.27 bits per heavy atom. The summed E-state index contributed by atoms with van der Waals surface area (Å²) in [5, 5.41) is 3.44. The highest BCUT2D eigenvalue weighted by molar-refractivity contribution is 8.00. The summed E-state index contributed by atoms with van der Waals surface area (Å²) in [5.74, 6) is 1.96. The number of hydrogen-bond acceptors (Lipinski definition) is 4. The largest absolute Gasteiger partial charge is 0.311 e. The van der Waals surface area contributed by atoms with Crippen LogP contribution in [-0.2, 0) is 9.84 Å². The molecule has 0 aliphatic rings. The topological polar surface area (TPSA) is 46.2 Å². The summed E-state index contributed by atoms with van der Waals surface area (Å²) in [6.07, 6.45) is 2.38. The van der Waals surface area contributed by atoms with E-state index in [4.69, 9.17) is 0 Å². The Labute approximate surface area is 98.3 Å². The molecular formula is C10H23NO2S2. The molecule has 0 bridgehead atoms. The van der Waals surface area contributed by atoms with Crippen LogP contribution < -0.4 is 5.32 Å². The summed E-state index contributed by atoms with van der Waals surface area (Å²) in [6, 6.07) is 0. The lowest BCUT2D eigenvalue weighted by Crippen LogP contribution is -2.39. The third-order valence-corrected chi connectivity index (χ3v) is 4.52. The van der Waals surface area contributed by atoms with Gasteiger partial charge >= 0.3 is 0 Å². The van der Waals surface area contributed by atoms with E-state index in [-0.39, 0.29) is 11.3 Å². The second kappa shape index (κ2) is 6.76. The fourth-order valence-electron chi connectivity index (χ4n) is 0.899. The van der Waals surface area contributed by atoms with E-state index in [1.54, 1.807) is 11.8 Å². The van der Waals surface area contributed by atoms with Crippen LogP contribution in [0.25, 0.3) is 0 Å². The molecule has 0 fully saturated rings. The van der Waals surface area contributed by atoms with Crippen molar-refractivity contribution in [2.75, 3.05) is 30.1 Å². The molecule has 0 saturated carbocycles. The van der Waals surface area contributed by atoms with Crippen LogP contribution in [0.2, 0.25) is 0 Å². The highest BCUT2D eigenvalue weighted by Gasteiger charge is 2.12. The minimum Gasteiger partial charge on any atom is -0.311 e. The van der Waals surface area contributed by atoms with Crippen LogP contribution in [0.15, 0.2) is 0 Å². The Balaban J connectivity index is 3.41. The summed E-state index contributed by atoms with van der Waals surface area (Å²) in [4.78, 5) is 0. The highest BCUT2D eigenvalue weighted by atomic mass is 32.2. The fraction of sp³-hybridized carbons (Fsp3) is 1.00. The molecule has 0 aliphatic heterocycles. The number of nitrogens with one attached hydrogen (secondary N) is 1. The fourth-order valence-corrected chi connectivity index (χ4v) is 3.03. The van der Waals surface area contributed by atoms with Crippen molar-refractivity contribution in [3.05, 3.63) is 0 Å². The molecule has 0 amide bonds. The van der Waals surface area contributed by atoms with E-state index in [0.29, 0.717) is 5.75 Å². The number of hydrogen-bond donors (Lipinski definition) is 1. The van der Waals surface area contributed by atoms with Gasteiger partial charge in [0.05, 0.1) is 5.75 Å². The molecule has 0 heterocycles. The molecule has 0 rings (SSSR count). The lowest BCUT2D eigenvalue weighted by atomic mass is 10.0. The summed E-state index contributed by atoms with van der Waals surface area (Å²) in [7, 11) is -2.79. The average Bonchev–Trinajstić information content (AvgIpc) is 2.09. The van der Waals surface area contributed by atoms with Gasteiger partial charge in [-0.3, -0.25) is 0 Å². The van der Waals surface area contributed by atoms with Crippen LogP contribution in [0.3, 0.4) is 0 Å². The molecule has 1 N–H and O–H groups in total. The first kappa shape index (κ1) is 15.3. The van der Waals surface area contributed by atoms with Gasteiger partial charge in [0.15, 0.2) is 0 Å². The van der Waals surface area contributed by atoms with E-state index in [2.05, 4.69) is 26.1 Å². The minimum atomic E-state index is -2.79. The molecule has 0 unspecified atom stereocenters. The Morgan fingerprint density at radius 2 is 1.87 bits per heavy atom. The van der Waals surface area contributed by atoms with E-state index in [1.807, 2.05) is 0 Å². The molecule has 15 heavy (non-hydrogen) atoms.